The number of carboxylic acids is 1. The van der Waals surface area contributed by atoms with Crippen LogP contribution in [0.2, 0.25) is 0 Å². The quantitative estimate of drug-likeness (QED) is 0.841. The van der Waals surface area contributed by atoms with E-state index in [4.69, 9.17) is 16.1 Å². The Morgan fingerprint density at radius 1 is 1.61 bits per heavy atom. The number of carboxylic acid groups (broad SMARTS) is 1. The van der Waals surface area contributed by atoms with Gasteiger partial charge in [0.05, 0.1) is 18.3 Å². The first kappa shape index (κ1) is 13.6. The predicted octanol–water partition coefficient (Wildman–Crippen LogP) is 1.06. The van der Waals surface area contributed by atoms with Crippen LogP contribution in [0.4, 0.5) is 18.9 Å². The molecule has 1 aromatic heterocycles. The molecule has 0 fully saturated rings. The number of nitrogens with two attached hydrogens (primary N) is 1. The van der Waals surface area contributed by atoms with Crippen LogP contribution in [0.15, 0.2) is 6.20 Å². The summed E-state index contributed by atoms with van der Waals surface area (Å²) in [7, 11) is 0. The molecule has 0 bridgehead atoms. The fourth-order valence-electron chi connectivity index (χ4n) is 1.19. The number of nitrogens with zero attached hydrogens (tertiary/aromatic N) is 2. The van der Waals surface area contributed by atoms with Crippen molar-refractivity contribution in [2.75, 3.05) is 5.73 Å². The number of hydrogen-bond acceptors (Lipinski definition) is 5. The molecule has 0 aliphatic rings. The second-order valence-corrected chi connectivity index (χ2v) is 3.10. The van der Waals surface area contributed by atoms with Crippen molar-refractivity contribution in [3.05, 3.63) is 17.3 Å². The molecule has 3 N–H and O–H groups in total. The van der Waals surface area contributed by atoms with Crippen molar-refractivity contribution in [1.82, 2.24) is 4.98 Å². The lowest BCUT2D eigenvalue weighted by Gasteiger charge is -2.12. The summed E-state index contributed by atoms with van der Waals surface area (Å²) in [5.74, 6) is -2.36. The van der Waals surface area contributed by atoms with Gasteiger partial charge in [-0.05, 0) is 0 Å². The van der Waals surface area contributed by atoms with Crippen LogP contribution in [0, 0.1) is 11.3 Å². The highest BCUT2D eigenvalue weighted by Crippen LogP contribution is 2.29. The van der Waals surface area contributed by atoms with E-state index in [1.807, 2.05) is 0 Å². The Labute approximate surface area is 98.4 Å². The molecule has 0 saturated heterocycles. The van der Waals surface area contributed by atoms with Gasteiger partial charge in [-0.3, -0.25) is 4.79 Å². The first-order valence-corrected chi connectivity index (χ1v) is 4.39. The molecule has 0 aromatic carbocycles. The zero-order chi connectivity index (χ0) is 13.9. The number of alkyl halides is 3. The Balaban J connectivity index is 3.30. The second-order valence-electron chi connectivity index (χ2n) is 3.10. The third kappa shape index (κ3) is 3.24. The van der Waals surface area contributed by atoms with Gasteiger partial charge in [0.2, 0.25) is 5.88 Å². The SMILES string of the molecule is N#Cc1c(OC(F)(F)F)ncc(N)c1CC(=O)O. The predicted molar refractivity (Wildman–Crippen MR) is 51.4 cm³/mol. The number of rotatable bonds is 3. The van der Waals surface area contributed by atoms with Gasteiger partial charge >= 0.3 is 12.3 Å². The van der Waals surface area contributed by atoms with Crippen LogP contribution in [-0.4, -0.2) is 22.4 Å². The summed E-state index contributed by atoms with van der Waals surface area (Å²) in [6.07, 6.45) is -4.93. The van der Waals surface area contributed by atoms with Crippen molar-refractivity contribution in [2.24, 2.45) is 0 Å². The minimum absolute atomic E-state index is 0.191. The molecule has 1 heterocycles. The van der Waals surface area contributed by atoms with Crippen molar-refractivity contribution in [3.63, 3.8) is 0 Å². The molecule has 0 amide bonds. The molecule has 0 radical (unpaired) electrons. The second kappa shape index (κ2) is 4.79. The lowest BCUT2D eigenvalue weighted by molar-refractivity contribution is -0.276. The van der Waals surface area contributed by atoms with Gasteiger partial charge in [-0.1, -0.05) is 0 Å². The molecule has 9 heteroatoms. The maximum Gasteiger partial charge on any atom is 0.574 e. The van der Waals surface area contributed by atoms with E-state index in [1.165, 1.54) is 6.07 Å². The number of aromatic nitrogens is 1. The van der Waals surface area contributed by atoms with E-state index in [1.54, 1.807) is 0 Å². The summed E-state index contributed by atoms with van der Waals surface area (Å²) in [4.78, 5) is 13.8. The molecule has 6 nitrogen and oxygen atoms in total. The largest absolute Gasteiger partial charge is 0.574 e. The molecule has 96 valence electrons. The summed E-state index contributed by atoms with van der Waals surface area (Å²) in [5, 5.41) is 17.3. The van der Waals surface area contributed by atoms with E-state index in [-0.39, 0.29) is 11.3 Å². The lowest BCUT2D eigenvalue weighted by atomic mass is 10.1. The minimum atomic E-state index is -5.03. The van der Waals surface area contributed by atoms with Crippen molar-refractivity contribution < 1.29 is 27.8 Å². The molecule has 0 atom stereocenters. The minimum Gasteiger partial charge on any atom is -0.481 e. The smallest absolute Gasteiger partial charge is 0.481 e. The molecule has 0 spiro atoms. The molecule has 0 aliphatic heterocycles. The van der Waals surface area contributed by atoms with E-state index < -0.39 is 30.2 Å². The normalized spacial score (nSPS) is 10.8. The highest BCUT2D eigenvalue weighted by Gasteiger charge is 2.34. The number of halogens is 3. The molecule has 0 aliphatic carbocycles. The van der Waals surface area contributed by atoms with Crippen LogP contribution < -0.4 is 10.5 Å². The van der Waals surface area contributed by atoms with E-state index in [0.29, 0.717) is 0 Å². The molecule has 1 aromatic rings. The summed E-state index contributed by atoms with van der Waals surface area (Å²) in [6.45, 7) is 0. The number of hydrogen-bond donors (Lipinski definition) is 2. The molecule has 18 heavy (non-hydrogen) atoms. The highest BCUT2D eigenvalue weighted by atomic mass is 19.4. The average Bonchev–Trinajstić information content (AvgIpc) is 2.20. The number of anilines is 1. The maximum atomic E-state index is 12.0. The van der Waals surface area contributed by atoms with Crippen LogP contribution in [0.3, 0.4) is 0 Å². The number of nitriles is 1. The Kier molecular flexibility index (Phi) is 3.61. The Morgan fingerprint density at radius 3 is 2.67 bits per heavy atom. The van der Waals surface area contributed by atoms with Gasteiger partial charge in [-0.2, -0.15) is 5.26 Å². The Bertz CT molecular complexity index is 522. The van der Waals surface area contributed by atoms with Crippen LogP contribution in [-0.2, 0) is 11.2 Å². The van der Waals surface area contributed by atoms with Gasteiger partial charge in [-0.15, -0.1) is 13.2 Å². The van der Waals surface area contributed by atoms with Crippen molar-refractivity contribution >= 4 is 11.7 Å². The van der Waals surface area contributed by atoms with Gasteiger partial charge in [0, 0.05) is 5.56 Å². The Hall–Kier alpha value is -2.50. The number of pyridine rings is 1. The topological polar surface area (TPSA) is 109 Å². The monoisotopic (exact) mass is 261 g/mol. The molecule has 0 saturated carbocycles. The first-order chi connectivity index (χ1) is 8.24. The number of nitrogen functional groups attached to an aromatic ring is 1. The van der Waals surface area contributed by atoms with Crippen molar-refractivity contribution in [1.29, 1.82) is 5.26 Å². The average molecular weight is 261 g/mol. The van der Waals surface area contributed by atoms with Crippen LogP contribution in [0.1, 0.15) is 11.1 Å². The van der Waals surface area contributed by atoms with E-state index >= 15 is 0 Å². The van der Waals surface area contributed by atoms with Crippen molar-refractivity contribution in [3.8, 4) is 11.9 Å². The molecule has 1 rings (SSSR count). The zero-order valence-corrected chi connectivity index (χ0v) is 8.65. The number of aliphatic carboxylic acids is 1. The van der Waals surface area contributed by atoms with Crippen LogP contribution in [0.5, 0.6) is 5.88 Å². The number of ether oxygens (including phenoxy) is 1. The van der Waals surface area contributed by atoms with Gasteiger partial charge in [-0.25, -0.2) is 4.98 Å². The summed E-state index contributed by atoms with van der Waals surface area (Å²) >= 11 is 0. The zero-order valence-electron chi connectivity index (χ0n) is 8.65. The highest BCUT2D eigenvalue weighted by molar-refractivity contribution is 5.75. The van der Waals surface area contributed by atoms with Gasteiger partial charge in [0.15, 0.2) is 0 Å². The summed E-state index contributed by atoms with van der Waals surface area (Å²) in [5.41, 5.74) is 4.26. The summed E-state index contributed by atoms with van der Waals surface area (Å²) in [6, 6.07) is 1.40. The van der Waals surface area contributed by atoms with E-state index in [9.17, 15) is 18.0 Å². The standard InChI is InChI=1S/C9H6F3N3O3/c10-9(11,12)18-8-5(2-13)4(1-7(16)17)6(14)3-15-8/h3H,1,14H2,(H,16,17). The third-order valence-corrected chi connectivity index (χ3v) is 1.84. The fraction of sp³-hybridized carbons (Fsp3) is 0.222. The third-order valence-electron chi connectivity index (χ3n) is 1.84. The van der Waals surface area contributed by atoms with Gasteiger partial charge in [0.25, 0.3) is 0 Å². The van der Waals surface area contributed by atoms with E-state index in [2.05, 4.69) is 9.72 Å². The van der Waals surface area contributed by atoms with E-state index in [0.717, 1.165) is 6.20 Å². The van der Waals surface area contributed by atoms with Crippen LogP contribution in [0.25, 0.3) is 0 Å². The summed E-state index contributed by atoms with van der Waals surface area (Å²) < 4.78 is 39.6. The van der Waals surface area contributed by atoms with Crippen LogP contribution >= 0.6 is 0 Å². The molecular formula is C9H6F3N3O3. The molecular weight excluding hydrogens is 255 g/mol. The number of carbonyl (C=O) groups is 1. The molecule has 0 unspecified atom stereocenters. The van der Waals surface area contributed by atoms with Crippen molar-refractivity contribution in [2.45, 2.75) is 12.8 Å². The maximum absolute atomic E-state index is 12.0. The fourth-order valence-corrected chi connectivity index (χ4v) is 1.19. The van der Waals surface area contributed by atoms with Gasteiger partial charge in [0.1, 0.15) is 11.6 Å². The van der Waals surface area contributed by atoms with Gasteiger partial charge < -0.3 is 15.6 Å². The first-order valence-electron chi connectivity index (χ1n) is 4.39. The Morgan fingerprint density at radius 2 is 2.22 bits per heavy atom. The lowest BCUT2D eigenvalue weighted by Crippen LogP contribution is -2.20.